The van der Waals surface area contributed by atoms with Crippen LogP contribution in [0.5, 0.6) is 5.75 Å². The molecule has 32 heavy (non-hydrogen) atoms. The minimum atomic E-state index is -0.449. The Bertz CT molecular complexity index is 1130. The van der Waals surface area contributed by atoms with Crippen LogP contribution < -0.4 is 10.1 Å². The quantitative estimate of drug-likeness (QED) is 0.319. The minimum absolute atomic E-state index is 0.0387. The SMILES string of the molecule is CCOC(=O)c1c(NC(=O)CSc2nnc(COc3ccc(Cl)cc3C)o2)sc(C)c1C. The number of amides is 1. The summed E-state index contributed by atoms with van der Waals surface area (Å²) in [6, 6.07) is 5.31. The van der Waals surface area contributed by atoms with Crippen LogP contribution in [0.1, 0.15) is 39.2 Å². The van der Waals surface area contributed by atoms with Crippen LogP contribution in [0, 0.1) is 20.8 Å². The highest BCUT2D eigenvalue weighted by Crippen LogP contribution is 2.33. The zero-order valence-electron chi connectivity index (χ0n) is 18.0. The van der Waals surface area contributed by atoms with Crippen molar-refractivity contribution in [2.24, 2.45) is 0 Å². The molecule has 8 nitrogen and oxygen atoms in total. The van der Waals surface area contributed by atoms with Crippen molar-refractivity contribution in [3.05, 3.63) is 50.7 Å². The summed E-state index contributed by atoms with van der Waals surface area (Å²) in [5.41, 5.74) is 2.08. The van der Waals surface area contributed by atoms with Crippen LogP contribution in [-0.2, 0) is 16.1 Å². The van der Waals surface area contributed by atoms with E-state index in [2.05, 4.69) is 15.5 Å². The number of carbonyl (C=O) groups is 2. The van der Waals surface area contributed by atoms with Crippen LogP contribution in [-0.4, -0.2) is 34.4 Å². The monoisotopic (exact) mass is 495 g/mol. The number of ether oxygens (including phenoxy) is 2. The van der Waals surface area contributed by atoms with Crippen LogP contribution in [0.3, 0.4) is 0 Å². The molecule has 1 amide bonds. The van der Waals surface area contributed by atoms with Crippen molar-refractivity contribution >= 4 is 51.6 Å². The lowest BCUT2D eigenvalue weighted by atomic mass is 10.1. The number of nitrogens with one attached hydrogen (secondary N) is 1. The first kappa shape index (κ1) is 24.1. The van der Waals surface area contributed by atoms with Crippen LogP contribution in [0.15, 0.2) is 27.8 Å². The van der Waals surface area contributed by atoms with Gasteiger partial charge >= 0.3 is 5.97 Å². The van der Waals surface area contributed by atoms with Crippen molar-refractivity contribution < 1.29 is 23.5 Å². The van der Waals surface area contributed by atoms with Gasteiger partial charge in [0.05, 0.1) is 17.9 Å². The maximum Gasteiger partial charge on any atom is 0.341 e. The van der Waals surface area contributed by atoms with Gasteiger partial charge in [0.2, 0.25) is 5.91 Å². The Morgan fingerprint density at radius 1 is 1.25 bits per heavy atom. The Balaban J connectivity index is 1.54. The van der Waals surface area contributed by atoms with Crippen molar-refractivity contribution in [1.82, 2.24) is 10.2 Å². The summed E-state index contributed by atoms with van der Waals surface area (Å²) in [7, 11) is 0. The standard InChI is InChI=1S/C21H22ClN3O5S2/c1-5-28-20(27)18-12(3)13(4)32-19(18)23-16(26)10-31-21-25-24-17(30-21)9-29-15-7-6-14(22)8-11(15)2/h6-8H,5,9-10H2,1-4H3,(H,23,26). The van der Waals surface area contributed by atoms with E-state index in [1.807, 2.05) is 20.8 Å². The zero-order chi connectivity index (χ0) is 23.3. The number of benzene rings is 1. The van der Waals surface area contributed by atoms with E-state index in [0.717, 1.165) is 27.8 Å². The number of hydrogen-bond acceptors (Lipinski definition) is 9. The fourth-order valence-electron chi connectivity index (χ4n) is 2.72. The fourth-order valence-corrected chi connectivity index (χ4v) is 4.59. The molecule has 0 saturated heterocycles. The molecule has 0 unspecified atom stereocenters. The third kappa shape index (κ3) is 6.02. The van der Waals surface area contributed by atoms with E-state index in [1.165, 1.54) is 11.3 Å². The molecule has 2 heterocycles. The number of aryl methyl sites for hydroxylation is 2. The van der Waals surface area contributed by atoms with Crippen molar-refractivity contribution in [3.8, 4) is 5.75 Å². The second kappa shape index (κ2) is 10.8. The molecule has 0 atom stereocenters. The van der Waals surface area contributed by atoms with Gasteiger partial charge in [0.25, 0.3) is 11.1 Å². The number of thiophene rings is 1. The lowest BCUT2D eigenvalue weighted by Gasteiger charge is -2.07. The highest BCUT2D eigenvalue weighted by Gasteiger charge is 2.22. The van der Waals surface area contributed by atoms with E-state index in [1.54, 1.807) is 25.1 Å². The lowest BCUT2D eigenvalue weighted by molar-refractivity contribution is -0.113. The van der Waals surface area contributed by atoms with Gasteiger partial charge in [-0.25, -0.2) is 4.79 Å². The second-order valence-corrected chi connectivity index (χ2v) is 9.29. The average Bonchev–Trinajstić information content (AvgIpc) is 3.30. The molecule has 2 aromatic heterocycles. The van der Waals surface area contributed by atoms with Gasteiger partial charge in [-0.3, -0.25) is 4.79 Å². The Hall–Kier alpha value is -2.56. The molecule has 3 aromatic rings. The molecular formula is C21H22ClN3O5S2. The number of halogens is 1. The summed E-state index contributed by atoms with van der Waals surface area (Å²) in [6.45, 7) is 7.70. The molecule has 0 fully saturated rings. The second-order valence-electron chi connectivity index (χ2n) is 6.70. The zero-order valence-corrected chi connectivity index (χ0v) is 20.4. The molecule has 11 heteroatoms. The maximum atomic E-state index is 12.4. The summed E-state index contributed by atoms with van der Waals surface area (Å²) in [4.78, 5) is 25.6. The number of hydrogen-bond donors (Lipinski definition) is 1. The molecule has 0 aliphatic carbocycles. The number of nitrogens with zero attached hydrogens (tertiary/aromatic N) is 2. The predicted molar refractivity (Wildman–Crippen MR) is 124 cm³/mol. The topological polar surface area (TPSA) is 104 Å². The number of carbonyl (C=O) groups excluding carboxylic acids is 2. The van der Waals surface area contributed by atoms with Gasteiger partial charge in [-0.2, -0.15) is 0 Å². The Morgan fingerprint density at radius 3 is 2.75 bits per heavy atom. The Labute approximate surface area is 198 Å². The molecule has 0 bridgehead atoms. The molecule has 0 aliphatic rings. The van der Waals surface area contributed by atoms with E-state index in [9.17, 15) is 9.59 Å². The van der Waals surface area contributed by atoms with E-state index < -0.39 is 5.97 Å². The van der Waals surface area contributed by atoms with Crippen LogP contribution in [0.2, 0.25) is 5.02 Å². The normalized spacial score (nSPS) is 10.8. The molecule has 0 radical (unpaired) electrons. The van der Waals surface area contributed by atoms with Gasteiger partial charge in [-0.15, -0.1) is 21.5 Å². The van der Waals surface area contributed by atoms with Gasteiger partial charge in [0, 0.05) is 9.90 Å². The van der Waals surface area contributed by atoms with Gasteiger partial charge in [0.15, 0.2) is 6.61 Å². The number of anilines is 1. The molecule has 0 spiro atoms. The van der Waals surface area contributed by atoms with Gasteiger partial charge in [0.1, 0.15) is 10.8 Å². The summed E-state index contributed by atoms with van der Waals surface area (Å²) >= 11 is 8.37. The molecule has 3 rings (SSSR count). The first-order valence-electron chi connectivity index (χ1n) is 9.69. The Kier molecular flexibility index (Phi) is 8.16. The summed E-state index contributed by atoms with van der Waals surface area (Å²) < 4.78 is 16.3. The minimum Gasteiger partial charge on any atom is -0.484 e. The van der Waals surface area contributed by atoms with Gasteiger partial charge < -0.3 is 19.2 Å². The molecule has 1 N–H and O–H groups in total. The highest BCUT2D eigenvalue weighted by atomic mass is 35.5. The van der Waals surface area contributed by atoms with E-state index in [0.29, 0.717) is 21.3 Å². The Morgan fingerprint density at radius 2 is 2.03 bits per heavy atom. The summed E-state index contributed by atoms with van der Waals surface area (Å²) in [5.74, 6) is 0.248. The third-order valence-corrected chi connectivity index (χ3v) is 6.56. The van der Waals surface area contributed by atoms with E-state index in [-0.39, 0.29) is 36.0 Å². The molecule has 170 valence electrons. The summed E-state index contributed by atoms with van der Waals surface area (Å²) in [5, 5.41) is 12.0. The molecule has 0 aliphatic heterocycles. The van der Waals surface area contributed by atoms with Crippen LogP contribution in [0.25, 0.3) is 0 Å². The van der Waals surface area contributed by atoms with Gasteiger partial charge in [-0.1, -0.05) is 23.4 Å². The summed E-state index contributed by atoms with van der Waals surface area (Å²) in [6.07, 6.45) is 0. The molecule has 1 aromatic carbocycles. The van der Waals surface area contributed by atoms with Crippen molar-refractivity contribution in [2.75, 3.05) is 17.7 Å². The number of esters is 1. The lowest BCUT2D eigenvalue weighted by Crippen LogP contribution is -2.16. The van der Waals surface area contributed by atoms with Crippen molar-refractivity contribution in [1.29, 1.82) is 0 Å². The van der Waals surface area contributed by atoms with Crippen LogP contribution in [0.4, 0.5) is 5.00 Å². The van der Waals surface area contributed by atoms with Gasteiger partial charge in [-0.05, 0) is 57.0 Å². The first-order valence-corrected chi connectivity index (χ1v) is 11.9. The highest BCUT2D eigenvalue weighted by molar-refractivity contribution is 7.99. The smallest absolute Gasteiger partial charge is 0.341 e. The molecule has 0 saturated carbocycles. The van der Waals surface area contributed by atoms with Crippen molar-refractivity contribution in [2.45, 2.75) is 39.5 Å². The molecular weight excluding hydrogens is 474 g/mol. The maximum absolute atomic E-state index is 12.4. The number of aromatic nitrogens is 2. The fraction of sp³-hybridized carbons (Fsp3) is 0.333. The van der Waals surface area contributed by atoms with Crippen molar-refractivity contribution in [3.63, 3.8) is 0 Å². The number of rotatable bonds is 9. The number of thioether (sulfide) groups is 1. The first-order chi connectivity index (χ1) is 15.3. The van der Waals surface area contributed by atoms with E-state index in [4.69, 9.17) is 25.5 Å². The largest absolute Gasteiger partial charge is 0.484 e. The average molecular weight is 496 g/mol. The third-order valence-electron chi connectivity index (χ3n) is 4.38. The predicted octanol–water partition coefficient (Wildman–Crippen LogP) is 5.20. The van der Waals surface area contributed by atoms with E-state index >= 15 is 0 Å². The van der Waals surface area contributed by atoms with Crippen LogP contribution >= 0.6 is 34.7 Å².